The van der Waals surface area contributed by atoms with E-state index in [1.807, 2.05) is 47.8 Å². The highest BCUT2D eigenvalue weighted by molar-refractivity contribution is 7.93. The van der Waals surface area contributed by atoms with Gasteiger partial charge >= 0.3 is 0 Å². The Balaban J connectivity index is 0.000000596. The first-order valence-corrected chi connectivity index (χ1v) is 15.8. The molecule has 1 aromatic carbocycles. The Labute approximate surface area is 256 Å². The van der Waals surface area contributed by atoms with Gasteiger partial charge in [0.15, 0.2) is 0 Å². The van der Waals surface area contributed by atoms with Crippen molar-refractivity contribution in [3.63, 3.8) is 0 Å². The molecule has 2 saturated heterocycles. The minimum absolute atomic E-state index is 0.235. The van der Waals surface area contributed by atoms with E-state index in [4.69, 9.17) is 37.5 Å². The maximum Gasteiger partial charge on any atom is 0.128 e. The predicted octanol–water partition coefficient (Wildman–Crippen LogP) is 5.78. The summed E-state index contributed by atoms with van der Waals surface area (Å²) in [5.41, 5.74) is 3.60. The largest absolute Gasteiger partial charge is 0.489 e. The van der Waals surface area contributed by atoms with Crippen LogP contribution in [0.2, 0.25) is 10.0 Å². The number of terminal acetylenes is 1. The van der Waals surface area contributed by atoms with E-state index in [1.165, 1.54) is 0 Å². The fourth-order valence-corrected chi connectivity index (χ4v) is 6.14. The fourth-order valence-electron chi connectivity index (χ4n) is 4.76. The van der Waals surface area contributed by atoms with E-state index in [0.717, 1.165) is 72.0 Å². The molecule has 41 heavy (non-hydrogen) atoms. The van der Waals surface area contributed by atoms with Crippen molar-refractivity contribution in [3.05, 3.63) is 64.5 Å². The van der Waals surface area contributed by atoms with E-state index in [1.54, 1.807) is 18.6 Å². The van der Waals surface area contributed by atoms with Crippen molar-refractivity contribution in [3.8, 4) is 29.9 Å². The SMILES string of the molecule is C#C.CCSO.CS(=O)N1CC2(CN(c3ccc(-c4n[nH]c5ccc(OCc6c(Cl)cncc6Cl)cc45)cn3)C2)C1. The number of aromatic amines is 1. The number of pyridine rings is 2. The number of hydrogen-bond donors (Lipinski definition) is 2. The van der Waals surface area contributed by atoms with E-state index < -0.39 is 11.0 Å². The van der Waals surface area contributed by atoms with Gasteiger partial charge < -0.3 is 14.2 Å². The molecule has 0 aliphatic carbocycles. The number of anilines is 1. The molecule has 2 N–H and O–H groups in total. The lowest BCUT2D eigenvalue weighted by molar-refractivity contribution is 0.0434. The standard InChI is InChI=1S/C24H22Cl2N6O2S.C2H6OS.C2H2/c1-35(33)32-13-24(14-32)11-31(12-24)22-5-2-15(7-28-22)23-17-6-16(3-4-21(17)29-30-23)34-10-18-19(25)8-27-9-20(18)26;1-2-4-3;1-2/h2-9H,10-14H2,1H3,(H,29,30);3H,2H2,1H3;1-2H. The lowest BCUT2D eigenvalue weighted by Crippen LogP contribution is -2.72. The molecule has 13 heteroatoms. The fraction of sp³-hybridized carbons (Fsp3) is 0.321. The Bertz CT molecular complexity index is 1500. The van der Waals surface area contributed by atoms with Gasteiger partial charge in [0.05, 0.1) is 26.5 Å². The topological polar surface area (TPSA) is 107 Å². The molecular formula is C28H30Cl2N6O3S2. The van der Waals surface area contributed by atoms with Crippen LogP contribution in [0.3, 0.4) is 0 Å². The molecule has 9 nitrogen and oxygen atoms in total. The summed E-state index contributed by atoms with van der Waals surface area (Å²) >= 11 is 13.3. The molecule has 6 rings (SSSR count). The van der Waals surface area contributed by atoms with Gasteiger partial charge in [-0.15, -0.1) is 12.8 Å². The van der Waals surface area contributed by atoms with Crippen LogP contribution >= 0.6 is 35.2 Å². The summed E-state index contributed by atoms with van der Waals surface area (Å²) < 4.78 is 27.3. The molecule has 2 fully saturated rings. The van der Waals surface area contributed by atoms with Crippen molar-refractivity contribution >= 4 is 63.0 Å². The molecular weight excluding hydrogens is 603 g/mol. The van der Waals surface area contributed by atoms with E-state index >= 15 is 0 Å². The first-order valence-electron chi connectivity index (χ1n) is 12.6. The van der Waals surface area contributed by atoms with Crippen LogP contribution in [0, 0.1) is 18.3 Å². The molecule has 0 radical (unpaired) electrons. The number of halogens is 2. The first kappa shape index (κ1) is 31.1. The third kappa shape index (κ3) is 6.97. The van der Waals surface area contributed by atoms with Crippen molar-refractivity contribution in [2.24, 2.45) is 5.41 Å². The zero-order chi connectivity index (χ0) is 29.6. The van der Waals surface area contributed by atoms with E-state index in [9.17, 15) is 4.21 Å². The van der Waals surface area contributed by atoms with Crippen LogP contribution in [0.15, 0.2) is 48.9 Å². The highest BCUT2D eigenvalue weighted by Gasteiger charge is 2.53. The molecule has 2 aliphatic rings. The Kier molecular flexibility index (Phi) is 10.5. The number of rotatable bonds is 7. The van der Waals surface area contributed by atoms with Crippen LogP contribution in [0.5, 0.6) is 5.75 Å². The zero-order valence-electron chi connectivity index (χ0n) is 22.6. The maximum atomic E-state index is 11.6. The molecule has 1 atom stereocenters. The monoisotopic (exact) mass is 632 g/mol. The minimum Gasteiger partial charge on any atom is -0.489 e. The minimum atomic E-state index is -0.875. The molecule has 1 unspecified atom stereocenters. The van der Waals surface area contributed by atoms with Crippen LogP contribution in [-0.2, 0) is 17.6 Å². The van der Waals surface area contributed by atoms with Crippen molar-refractivity contribution in [1.29, 1.82) is 0 Å². The third-order valence-electron chi connectivity index (χ3n) is 6.78. The summed E-state index contributed by atoms with van der Waals surface area (Å²) in [6.45, 7) is 5.82. The zero-order valence-corrected chi connectivity index (χ0v) is 25.7. The van der Waals surface area contributed by atoms with Crippen LogP contribution in [0.25, 0.3) is 22.2 Å². The lowest BCUT2D eigenvalue weighted by Gasteiger charge is -2.59. The van der Waals surface area contributed by atoms with Gasteiger partial charge in [0.25, 0.3) is 0 Å². The number of nitrogens with one attached hydrogen (secondary N) is 1. The van der Waals surface area contributed by atoms with Gasteiger partial charge in [-0.05, 0) is 42.4 Å². The molecule has 2 aliphatic heterocycles. The van der Waals surface area contributed by atoms with Gasteiger partial charge in [-0.2, -0.15) is 5.10 Å². The number of nitrogens with zero attached hydrogens (tertiary/aromatic N) is 5. The summed E-state index contributed by atoms with van der Waals surface area (Å²) in [5.74, 6) is 2.42. The molecule has 0 bridgehead atoms. The highest BCUT2D eigenvalue weighted by Crippen LogP contribution is 2.42. The smallest absolute Gasteiger partial charge is 0.128 e. The normalized spacial score (nSPS) is 16.0. The van der Waals surface area contributed by atoms with Gasteiger partial charge in [0.2, 0.25) is 0 Å². The Hall–Kier alpha value is -2.85. The summed E-state index contributed by atoms with van der Waals surface area (Å²) in [5, 5.41) is 9.47. The summed E-state index contributed by atoms with van der Waals surface area (Å²) in [7, 11) is -0.875. The first-order chi connectivity index (χ1) is 19.8. The maximum absolute atomic E-state index is 11.6. The number of ether oxygens (including phenoxy) is 1. The number of hydrogen-bond acceptors (Lipinski definition) is 8. The van der Waals surface area contributed by atoms with Gasteiger partial charge in [-0.1, -0.05) is 30.1 Å². The number of benzene rings is 1. The molecule has 5 heterocycles. The van der Waals surface area contributed by atoms with Crippen LogP contribution < -0.4 is 9.64 Å². The number of H-pyrrole nitrogens is 1. The average molecular weight is 634 g/mol. The van der Waals surface area contributed by atoms with Gasteiger partial charge in [0, 0.05) is 78.7 Å². The molecule has 216 valence electrons. The van der Waals surface area contributed by atoms with Gasteiger partial charge in [-0.25, -0.2) is 13.5 Å². The van der Waals surface area contributed by atoms with Crippen molar-refractivity contribution in [1.82, 2.24) is 24.5 Å². The van der Waals surface area contributed by atoms with Crippen LogP contribution in [0.1, 0.15) is 12.5 Å². The Morgan fingerprint density at radius 1 is 1.12 bits per heavy atom. The average Bonchev–Trinajstić information content (AvgIpc) is 3.36. The van der Waals surface area contributed by atoms with Crippen LogP contribution in [-0.4, -0.2) is 71.4 Å². The predicted molar refractivity (Wildman–Crippen MR) is 169 cm³/mol. The Morgan fingerprint density at radius 3 is 2.39 bits per heavy atom. The Morgan fingerprint density at radius 2 is 1.80 bits per heavy atom. The van der Waals surface area contributed by atoms with E-state index in [0.29, 0.717) is 21.4 Å². The summed E-state index contributed by atoms with van der Waals surface area (Å²) in [4.78, 5) is 10.9. The molecule has 0 saturated carbocycles. The van der Waals surface area contributed by atoms with E-state index in [2.05, 4.69) is 32.9 Å². The summed E-state index contributed by atoms with van der Waals surface area (Å²) in [6, 6.07) is 9.84. The van der Waals surface area contributed by atoms with Crippen LogP contribution in [0.4, 0.5) is 5.82 Å². The lowest BCUT2D eigenvalue weighted by atomic mass is 9.74. The van der Waals surface area contributed by atoms with Gasteiger partial charge in [0.1, 0.15) is 23.9 Å². The third-order valence-corrected chi connectivity index (χ3v) is 8.68. The quantitative estimate of drug-likeness (QED) is 0.195. The van der Waals surface area contributed by atoms with Crippen molar-refractivity contribution in [2.45, 2.75) is 13.5 Å². The second kappa shape index (κ2) is 13.9. The molecule has 0 amide bonds. The van der Waals surface area contributed by atoms with E-state index in [-0.39, 0.29) is 12.0 Å². The van der Waals surface area contributed by atoms with Crippen molar-refractivity contribution < 1.29 is 13.5 Å². The summed E-state index contributed by atoms with van der Waals surface area (Å²) in [6.07, 6.45) is 14.7. The second-order valence-electron chi connectivity index (χ2n) is 9.55. The number of aromatic nitrogens is 4. The van der Waals surface area contributed by atoms with Crippen molar-refractivity contribution in [2.75, 3.05) is 43.1 Å². The van der Waals surface area contributed by atoms with Gasteiger partial charge in [-0.3, -0.25) is 10.1 Å². The number of fused-ring (bicyclic) bond motifs is 1. The molecule has 1 spiro atoms. The highest BCUT2D eigenvalue weighted by atomic mass is 35.5. The molecule has 4 aromatic rings. The molecule has 3 aromatic heterocycles. The second-order valence-corrected chi connectivity index (χ2v) is 12.6.